The summed E-state index contributed by atoms with van der Waals surface area (Å²) in [6.07, 6.45) is 1.24. The summed E-state index contributed by atoms with van der Waals surface area (Å²) in [5.41, 5.74) is 1.17. The lowest BCUT2D eigenvalue weighted by molar-refractivity contribution is -0.148. The van der Waals surface area contributed by atoms with E-state index >= 15 is 0 Å². The second kappa shape index (κ2) is 8.67. The topological polar surface area (TPSA) is 55.8 Å². The highest BCUT2D eigenvalue weighted by molar-refractivity contribution is 5.74. The fourth-order valence-corrected chi connectivity index (χ4v) is 3.19. The third-order valence-electron chi connectivity index (χ3n) is 4.37. The summed E-state index contributed by atoms with van der Waals surface area (Å²) in [6, 6.07) is 10.1. The fourth-order valence-electron chi connectivity index (χ4n) is 3.19. The van der Waals surface area contributed by atoms with Gasteiger partial charge in [-0.05, 0) is 31.4 Å². The predicted octanol–water partition coefficient (Wildman–Crippen LogP) is 2.22. The van der Waals surface area contributed by atoms with E-state index in [4.69, 9.17) is 9.47 Å². The second-order valence-corrected chi connectivity index (χ2v) is 5.79. The number of methoxy groups -OCH3 is 1. The zero-order chi connectivity index (χ0) is 16.7. The molecule has 1 aromatic carbocycles. The minimum Gasteiger partial charge on any atom is -0.469 e. The first-order chi connectivity index (χ1) is 11.2. The molecule has 5 heteroatoms. The van der Waals surface area contributed by atoms with Crippen molar-refractivity contribution in [3.05, 3.63) is 35.9 Å². The maximum Gasteiger partial charge on any atom is 0.310 e. The van der Waals surface area contributed by atoms with E-state index in [0.717, 1.165) is 13.0 Å². The maximum absolute atomic E-state index is 12.2. The molecule has 5 nitrogen and oxygen atoms in total. The largest absolute Gasteiger partial charge is 0.469 e. The van der Waals surface area contributed by atoms with E-state index in [0.29, 0.717) is 26.1 Å². The Morgan fingerprint density at radius 1 is 1.26 bits per heavy atom. The molecule has 1 aliphatic rings. The molecule has 0 bridgehead atoms. The molecule has 0 radical (unpaired) electrons. The van der Waals surface area contributed by atoms with Crippen molar-refractivity contribution in [2.45, 2.75) is 25.7 Å². The molecule has 0 saturated carbocycles. The van der Waals surface area contributed by atoms with Crippen molar-refractivity contribution in [3.63, 3.8) is 0 Å². The molecule has 126 valence electrons. The fraction of sp³-hybridized carbons (Fsp3) is 0.556. The molecule has 2 rings (SSSR count). The van der Waals surface area contributed by atoms with Crippen molar-refractivity contribution in [2.75, 3.05) is 33.4 Å². The molecule has 1 fully saturated rings. The van der Waals surface area contributed by atoms with E-state index in [1.807, 2.05) is 18.2 Å². The molecule has 1 aromatic rings. The third kappa shape index (κ3) is 4.79. The maximum atomic E-state index is 12.2. The van der Waals surface area contributed by atoms with Gasteiger partial charge in [0.1, 0.15) is 0 Å². The van der Waals surface area contributed by atoms with Crippen LogP contribution in [-0.4, -0.2) is 50.2 Å². The number of hydrogen-bond donors (Lipinski definition) is 0. The smallest absolute Gasteiger partial charge is 0.310 e. The molecular weight excluding hydrogens is 294 g/mol. The highest BCUT2D eigenvalue weighted by atomic mass is 16.5. The first-order valence-electron chi connectivity index (χ1n) is 8.16. The number of rotatable bonds is 6. The molecule has 0 amide bonds. The number of ether oxygens (including phenoxy) is 2. The van der Waals surface area contributed by atoms with Gasteiger partial charge in [0.05, 0.1) is 26.1 Å². The number of carbonyl (C=O) groups excluding carboxylic acids is 2. The zero-order valence-electron chi connectivity index (χ0n) is 13.9. The van der Waals surface area contributed by atoms with Gasteiger partial charge in [-0.25, -0.2) is 0 Å². The molecule has 23 heavy (non-hydrogen) atoms. The van der Waals surface area contributed by atoms with Crippen LogP contribution in [0.1, 0.15) is 31.2 Å². The van der Waals surface area contributed by atoms with Crippen molar-refractivity contribution in [2.24, 2.45) is 5.92 Å². The lowest BCUT2D eigenvalue weighted by Crippen LogP contribution is -2.44. The van der Waals surface area contributed by atoms with E-state index in [-0.39, 0.29) is 23.8 Å². The van der Waals surface area contributed by atoms with Gasteiger partial charge in [0.2, 0.25) is 0 Å². The summed E-state index contributed by atoms with van der Waals surface area (Å²) >= 11 is 0. The van der Waals surface area contributed by atoms with E-state index in [2.05, 4.69) is 17.0 Å². The zero-order valence-corrected chi connectivity index (χ0v) is 13.9. The molecule has 1 aliphatic heterocycles. The number of likely N-dealkylation sites (tertiary alicyclic amines) is 1. The van der Waals surface area contributed by atoms with Gasteiger partial charge < -0.3 is 14.4 Å². The molecule has 0 aromatic heterocycles. The van der Waals surface area contributed by atoms with Crippen LogP contribution in [-0.2, 0) is 19.1 Å². The van der Waals surface area contributed by atoms with Crippen LogP contribution in [0.25, 0.3) is 0 Å². The van der Waals surface area contributed by atoms with Gasteiger partial charge in [-0.3, -0.25) is 9.59 Å². The van der Waals surface area contributed by atoms with Crippen molar-refractivity contribution in [1.29, 1.82) is 0 Å². The Morgan fingerprint density at radius 2 is 2.00 bits per heavy atom. The Balaban J connectivity index is 2.00. The number of hydrogen-bond acceptors (Lipinski definition) is 5. The average Bonchev–Trinajstić information content (AvgIpc) is 2.60. The van der Waals surface area contributed by atoms with Gasteiger partial charge in [0.15, 0.2) is 0 Å². The minimum atomic E-state index is -0.196. The Labute approximate surface area is 137 Å². The number of nitrogens with zero attached hydrogens (tertiary/aromatic N) is 1. The Morgan fingerprint density at radius 3 is 2.65 bits per heavy atom. The van der Waals surface area contributed by atoms with Gasteiger partial charge in [0, 0.05) is 13.1 Å². The van der Waals surface area contributed by atoms with Gasteiger partial charge in [-0.15, -0.1) is 0 Å². The monoisotopic (exact) mass is 319 g/mol. The van der Waals surface area contributed by atoms with Crippen molar-refractivity contribution in [1.82, 2.24) is 4.90 Å². The molecule has 0 spiro atoms. The summed E-state index contributed by atoms with van der Waals surface area (Å²) in [5, 5.41) is 0. The highest BCUT2D eigenvalue weighted by Crippen LogP contribution is 2.33. The number of benzene rings is 1. The van der Waals surface area contributed by atoms with Crippen molar-refractivity contribution in [3.8, 4) is 0 Å². The standard InChI is InChI=1S/C18H25NO4/c1-3-23-17(20)10-12-19-11-9-15(14-7-5-4-6-8-14)16(13-19)18(21)22-2/h4-8,15-16H,3,9-13H2,1-2H3. The van der Waals surface area contributed by atoms with Crippen LogP contribution < -0.4 is 0 Å². The first-order valence-corrected chi connectivity index (χ1v) is 8.16. The minimum absolute atomic E-state index is 0.169. The Kier molecular flexibility index (Phi) is 6.59. The first kappa shape index (κ1) is 17.5. The van der Waals surface area contributed by atoms with E-state index < -0.39 is 0 Å². The van der Waals surface area contributed by atoms with Gasteiger partial charge in [-0.1, -0.05) is 30.3 Å². The Hall–Kier alpha value is -1.88. The lowest BCUT2D eigenvalue weighted by Gasteiger charge is -2.37. The SMILES string of the molecule is CCOC(=O)CCN1CCC(c2ccccc2)C(C(=O)OC)C1. The molecular formula is C18H25NO4. The van der Waals surface area contributed by atoms with Crippen LogP contribution in [0.5, 0.6) is 0 Å². The number of piperidine rings is 1. The summed E-state index contributed by atoms with van der Waals surface area (Å²) in [7, 11) is 1.43. The predicted molar refractivity (Wildman–Crippen MR) is 87.0 cm³/mol. The summed E-state index contributed by atoms with van der Waals surface area (Å²) < 4.78 is 9.96. The molecule has 2 atom stereocenters. The third-order valence-corrected chi connectivity index (χ3v) is 4.37. The van der Waals surface area contributed by atoms with Crippen LogP contribution in [0.2, 0.25) is 0 Å². The van der Waals surface area contributed by atoms with Crippen molar-refractivity contribution >= 4 is 11.9 Å². The lowest BCUT2D eigenvalue weighted by atomic mass is 9.80. The average molecular weight is 319 g/mol. The quantitative estimate of drug-likeness (QED) is 0.753. The highest BCUT2D eigenvalue weighted by Gasteiger charge is 2.35. The van der Waals surface area contributed by atoms with Crippen LogP contribution in [0.3, 0.4) is 0 Å². The molecule has 1 heterocycles. The van der Waals surface area contributed by atoms with Crippen LogP contribution in [0.4, 0.5) is 0 Å². The van der Waals surface area contributed by atoms with Crippen LogP contribution in [0, 0.1) is 5.92 Å². The summed E-state index contributed by atoms with van der Waals surface area (Å²) in [6.45, 7) is 4.31. The summed E-state index contributed by atoms with van der Waals surface area (Å²) in [5.74, 6) is -0.396. The normalized spacial score (nSPS) is 21.7. The van der Waals surface area contributed by atoms with E-state index in [1.165, 1.54) is 12.7 Å². The van der Waals surface area contributed by atoms with Crippen molar-refractivity contribution < 1.29 is 19.1 Å². The molecule has 2 unspecified atom stereocenters. The molecule has 0 aliphatic carbocycles. The Bertz CT molecular complexity index is 517. The number of carbonyl (C=O) groups is 2. The molecule has 0 N–H and O–H groups in total. The second-order valence-electron chi connectivity index (χ2n) is 5.79. The number of esters is 2. The van der Waals surface area contributed by atoms with Gasteiger partial charge >= 0.3 is 11.9 Å². The van der Waals surface area contributed by atoms with E-state index in [1.54, 1.807) is 6.92 Å². The van der Waals surface area contributed by atoms with Crippen LogP contribution in [0.15, 0.2) is 30.3 Å². The molecule has 1 saturated heterocycles. The summed E-state index contributed by atoms with van der Waals surface area (Å²) in [4.78, 5) is 25.8. The van der Waals surface area contributed by atoms with E-state index in [9.17, 15) is 9.59 Å². The van der Waals surface area contributed by atoms with Crippen LogP contribution >= 0.6 is 0 Å². The van der Waals surface area contributed by atoms with Gasteiger partial charge in [0.25, 0.3) is 0 Å². The van der Waals surface area contributed by atoms with Gasteiger partial charge in [-0.2, -0.15) is 0 Å².